The van der Waals surface area contributed by atoms with Crippen LogP contribution in [0.3, 0.4) is 0 Å². The summed E-state index contributed by atoms with van der Waals surface area (Å²) in [4.78, 5) is 11.2. The van der Waals surface area contributed by atoms with E-state index in [1.165, 1.54) is 6.07 Å². The Balaban J connectivity index is 2.50. The van der Waals surface area contributed by atoms with Crippen molar-refractivity contribution in [3.8, 4) is 0 Å². The lowest BCUT2D eigenvalue weighted by molar-refractivity contribution is -0.122. The van der Waals surface area contributed by atoms with Crippen molar-refractivity contribution in [3.05, 3.63) is 35.4 Å². The zero-order valence-corrected chi connectivity index (χ0v) is 8.26. The Bertz CT molecular complexity index is 430. The standard InChI is InChI=1S/C11H11F2NO/c1-7-3-2-4-8(5-7)10(9(14)15)6-11(10,12)13/h2-5H,6H2,1H3,(H2,14,15). The molecule has 0 bridgehead atoms. The van der Waals surface area contributed by atoms with Crippen molar-refractivity contribution in [2.45, 2.75) is 24.7 Å². The average molecular weight is 211 g/mol. The molecule has 15 heavy (non-hydrogen) atoms. The maximum atomic E-state index is 13.2. The van der Waals surface area contributed by atoms with Gasteiger partial charge in [0.2, 0.25) is 5.91 Å². The Kier molecular flexibility index (Phi) is 1.87. The molecule has 0 radical (unpaired) electrons. The largest absolute Gasteiger partial charge is 0.369 e. The van der Waals surface area contributed by atoms with E-state index in [9.17, 15) is 13.6 Å². The Labute approximate surface area is 86.1 Å². The number of nitrogens with two attached hydrogens (primary N) is 1. The Morgan fingerprint density at radius 1 is 1.47 bits per heavy atom. The smallest absolute Gasteiger partial charge is 0.268 e. The summed E-state index contributed by atoms with van der Waals surface area (Å²) >= 11 is 0. The van der Waals surface area contributed by atoms with Crippen molar-refractivity contribution in [3.63, 3.8) is 0 Å². The summed E-state index contributed by atoms with van der Waals surface area (Å²) in [5, 5.41) is 0. The van der Waals surface area contributed by atoms with Crippen molar-refractivity contribution in [2.75, 3.05) is 0 Å². The van der Waals surface area contributed by atoms with Crippen LogP contribution in [-0.2, 0) is 10.2 Å². The number of primary amides is 1. The van der Waals surface area contributed by atoms with E-state index in [0.29, 0.717) is 5.56 Å². The predicted molar refractivity (Wildman–Crippen MR) is 51.6 cm³/mol. The molecular formula is C11H11F2NO. The van der Waals surface area contributed by atoms with Crippen LogP contribution in [0, 0.1) is 6.92 Å². The Hall–Kier alpha value is -1.45. The first kappa shape index (κ1) is 10.1. The number of aryl methyl sites for hydroxylation is 1. The molecule has 0 spiro atoms. The van der Waals surface area contributed by atoms with Gasteiger partial charge in [-0.1, -0.05) is 29.8 Å². The van der Waals surface area contributed by atoms with Crippen LogP contribution in [0.1, 0.15) is 17.5 Å². The Morgan fingerprint density at radius 3 is 2.47 bits per heavy atom. The molecule has 2 N–H and O–H groups in total. The summed E-state index contributed by atoms with van der Waals surface area (Å²) in [5.74, 6) is -3.94. The molecule has 2 rings (SSSR count). The number of carbonyl (C=O) groups is 1. The monoisotopic (exact) mass is 211 g/mol. The molecule has 0 aromatic heterocycles. The SMILES string of the molecule is Cc1cccc(C2(C(N)=O)CC2(F)F)c1. The second kappa shape index (κ2) is 2.78. The van der Waals surface area contributed by atoms with Crippen LogP contribution in [0.15, 0.2) is 24.3 Å². The van der Waals surface area contributed by atoms with E-state index >= 15 is 0 Å². The van der Waals surface area contributed by atoms with Gasteiger partial charge >= 0.3 is 0 Å². The van der Waals surface area contributed by atoms with E-state index in [1.54, 1.807) is 25.1 Å². The molecule has 1 unspecified atom stereocenters. The zero-order chi connectivity index (χ0) is 11.3. The fourth-order valence-electron chi connectivity index (χ4n) is 1.92. The maximum Gasteiger partial charge on any atom is 0.268 e. The van der Waals surface area contributed by atoms with Gasteiger partial charge < -0.3 is 5.73 Å². The van der Waals surface area contributed by atoms with Gasteiger partial charge in [0, 0.05) is 6.42 Å². The number of halogens is 2. The minimum atomic E-state index is -2.99. The van der Waals surface area contributed by atoms with Gasteiger partial charge in [0.05, 0.1) is 0 Å². The number of benzene rings is 1. The summed E-state index contributed by atoms with van der Waals surface area (Å²) < 4.78 is 26.4. The van der Waals surface area contributed by atoms with Crippen molar-refractivity contribution < 1.29 is 13.6 Å². The van der Waals surface area contributed by atoms with E-state index in [1.807, 2.05) is 0 Å². The number of amides is 1. The van der Waals surface area contributed by atoms with Gasteiger partial charge in [-0.15, -0.1) is 0 Å². The van der Waals surface area contributed by atoms with Crippen LogP contribution < -0.4 is 5.73 Å². The summed E-state index contributed by atoms with van der Waals surface area (Å²) in [6, 6.07) is 6.56. The molecule has 1 aromatic rings. The van der Waals surface area contributed by atoms with Crippen LogP contribution in [0.25, 0.3) is 0 Å². The number of hydrogen-bond donors (Lipinski definition) is 1. The maximum absolute atomic E-state index is 13.2. The van der Waals surface area contributed by atoms with Crippen molar-refractivity contribution >= 4 is 5.91 Å². The third kappa shape index (κ3) is 1.24. The topological polar surface area (TPSA) is 43.1 Å². The fraction of sp³-hybridized carbons (Fsp3) is 0.364. The first-order valence-corrected chi connectivity index (χ1v) is 4.65. The lowest BCUT2D eigenvalue weighted by atomic mass is 9.93. The number of hydrogen-bond acceptors (Lipinski definition) is 1. The minimum absolute atomic E-state index is 0.319. The summed E-state index contributed by atoms with van der Waals surface area (Å²) in [7, 11) is 0. The molecule has 2 nitrogen and oxygen atoms in total. The van der Waals surface area contributed by atoms with Gasteiger partial charge in [-0.2, -0.15) is 0 Å². The third-order valence-corrected chi connectivity index (χ3v) is 2.92. The second-order valence-electron chi connectivity index (χ2n) is 4.02. The van der Waals surface area contributed by atoms with E-state index in [0.717, 1.165) is 5.56 Å². The van der Waals surface area contributed by atoms with Gasteiger partial charge in [-0.3, -0.25) is 4.79 Å². The molecule has 0 heterocycles. The highest BCUT2D eigenvalue weighted by atomic mass is 19.3. The number of rotatable bonds is 2. The van der Waals surface area contributed by atoms with Crippen LogP contribution in [0.5, 0.6) is 0 Å². The van der Waals surface area contributed by atoms with Crippen LogP contribution in [-0.4, -0.2) is 11.8 Å². The molecule has 0 saturated heterocycles. The van der Waals surface area contributed by atoms with Gasteiger partial charge in [0.1, 0.15) is 5.41 Å². The molecule has 1 fully saturated rings. The number of carbonyl (C=O) groups excluding carboxylic acids is 1. The average Bonchev–Trinajstić information content (AvgIpc) is 2.71. The van der Waals surface area contributed by atoms with E-state index < -0.39 is 23.7 Å². The molecule has 1 aliphatic rings. The van der Waals surface area contributed by atoms with Gasteiger partial charge in [-0.05, 0) is 12.5 Å². The molecule has 1 atom stereocenters. The van der Waals surface area contributed by atoms with Crippen molar-refractivity contribution in [2.24, 2.45) is 5.73 Å². The quantitative estimate of drug-likeness (QED) is 0.795. The van der Waals surface area contributed by atoms with Crippen molar-refractivity contribution in [1.82, 2.24) is 0 Å². The van der Waals surface area contributed by atoms with Crippen molar-refractivity contribution in [1.29, 1.82) is 0 Å². The van der Waals surface area contributed by atoms with Gasteiger partial charge in [-0.25, -0.2) is 8.78 Å². The van der Waals surface area contributed by atoms with E-state index in [-0.39, 0.29) is 0 Å². The molecule has 80 valence electrons. The molecule has 4 heteroatoms. The van der Waals surface area contributed by atoms with Crippen LogP contribution in [0.4, 0.5) is 8.78 Å². The highest BCUT2D eigenvalue weighted by Crippen LogP contribution is 2.61. The van der Waals surface area contributed by atoms with Crippen LogP contribution in [0.2, 0.25) is 0 Å². The Morgan fingerprint density at radius 2 is 2.07 bits per heavy atom. The first-order chi connectivity index (χ1) is 6.90. The lowest BCUT2D eigenvalue weighted by Gasteiger charge is -2.13. The molecule has 1 aromatic carbocycles. The summed E-state index contributed by atoms with van der Waals surface area (Å²) in [6.07, 6.45) is -0.473. The van der Waals surface area contributed by atoms with E-state index in [2.05, 4.69) is 0 Å². The highest BCUT2D eigenvalue weighted by Gasteiger charge is 2.76. The predicted octanol–water partition coefficient (Wildman–Crippen LogP) is 1.76. The van der Waals surface area contributed by atoms with Crippen LogP contribution >= 0.6 is 0 Å². The van der Waals surface area contributed by atoms with E-state index in [4.69, 9.17) is 5.73 Å². The second-order valence-corrected chi connectivity index (χ2v) is 4.02. The van der Waals surface area contributed by atoms with Gasteiger partial charge in [0.15, 0.2) is 0 Å². The number of alkyl halides is 2. The minimum Gasteiger partial charge on any atom is -0.369 e. The molecule has 1 amide bonds. The summed E-state index contributed by atoms with van der Waals surface area (Å²) in [5.41, 5.74) is 4.47. The third-order valence-electron chi connectivity index (χ3n) is 2.92. The summed E-state index contributed by atoms with van der Waals surface area (Å²) in [6.45, 7) is 1.79. The molecule has 1 saturated carbocycles. The molecule has 1 aliphatic carbocycles. The highest BCUT2D eigenvalue weighted by molar-refractivity contribution is 5.92. The molecular weight excluding hydrogens is 200 g/mol. The normalized spacial score (nSPS) is 27.4. The lowest BCUT2D eigenvalue weighted by Crippen LogP contribution is -2.33. The first-order valence-electron chi connectivity index (χ1n) is 4.65. The molecule has 0 aliphatic heterocycles. The van der Waals surface area contributed by atoms with Gasteiger partial charge in [0.25, 0.3) is 5.92 Å². The zero-order valence-electron chi connectivity index (χ0n) is 8.26. The fourth-order valence-corrected chi connectivity index (χ4v) is 1.92.